The fourth-order valence-corrected chi connectivity index (χ4v) is 6.48. The molecule has 4 aromatic rings. The first-order chi connectivity index (χ1) is 18.6. The summed E-state index contributed by atoms with van der Waals surface area (Å²) in [6, 6.07) is 22.7. The molecule has 1 fully saturated rings. The smallest absolute Gasteiger partial charge is 0.240 e. The number of hydrogen-bond donors (Lipinski definition) is 0. The molecule has 7 rings (SSSR count). The number of carbonyl (C=O) groups excluding carboxylic acids is 1. The summed E-state index contributed by atoms with van der Waals surface area (Å²) >= 11 is 0. The highest BCUT2D eigenvalue weighted by atomic mass is 19.1. The third-order valence-electron chi connectivity index (χ3n) is 8.11. The fraction of sp³-hybridized carbons (Fsp3) is 0.300. The highest BCUT2D eigenvalue weighted by Gasteiger charge is 2.60. The van der Waals surface area contributed by atoms with E-state index in [1.807, 2.05) is 58.2 Å². The minimum atomic E-state index is -0.759. The van der Waals surface area contributed by atoms with E-state index in [4.69, 9.17) is 4.74 Å². The minimum absolute atomic E-state index is 0.0843. The van der Waals surface area contributed by atoms with E-state index in [9.17, 15) is 9.18 Å². The number of amides is 1. The topological polar surface area (TPSA) is 63.5 Å². The van der Waals surface area contributed by atoms with Crippen LogP contribution in [0.3, 0.4) is 0 Å². The number of aryl methyl sites for hydroxylation is 1. The lowest BCUT2D eigenvalue weighted by atomic mass is 9.72. The zero-order chi connectivity index (χ0) is 25.7. The molecule has 0 unspecified atom stereocenters. The molecule has 0 saturated carbocycles. The van der Waals surface area contributed by atoms with Crippen molar-refractivity contribution in [2.24, 2.45) is 0 Å². The molecule has 1 spiro atoms. The van der Waals surface area contributed by atoms with Gasteiger partial charge in [0.05, 0.1) is 30.8 Å². The minimum Gasteiger partial charge on any atom is -0.494 e. The van der Waals surface area contributed by atoms with E-state index >= 15 is 0 Å². The number of halogens is 1. The van der Waals surface area contributed by atoms with Crippen LogP contribution in [0.1, 0.15) is 41.3 Å². The van der Waals surface area contributed by atoms with Crippen molar-refractivity contribution < 1.29 is 13.9 Å². The van der Waals surface area contributed by atoms with Crippen molar-refractivity contribution in [1.29, 1.82) is 0 Å². The molecule has 192 valence electrons. The Bertz CT molecular complexity index is 1500. The van der Waals surface area contributed by atoms with Crippen LogP contribution >= 0.6 is 0 Å². The SMILES string of the molecule is O=C1N2Cc3cn(nn3)CCCOc3cccc(c3)[C@@H]3N(Cc4ccc(F)cc4)CC[C@@]13c1ccccc12. The van der Waals surface area contributed by atoms with Gasteiger partial charge in [0, 0.05) is 31.7 Å². The predicted molar refractivity (Wildman–Crippen MR) is 140 cm³/mol. The van der Waals surface area contributed by atoms with Crippen LogP contribution < -0.4 is 9.64 Å². The number of carbonyl (C=O) groups is 1. The number of benzene rings is 3. The summed E-state index contributed by atoms with van der Waals surface area (Å²) < 4.78 is 21.6. The van der Waals surface area contributed by atoms with Crippen LogP contribution in [0.5, 0.6) is 5.75 Å². The number of nitrogens with zero attached hydrogens (tertiary/aromatic N) is 5. The van der Waals surface area contributed by atoms with Gasteiger partial charge in [0.15, 0.2) is 0 Å². The number of hydrogen-bond acceptors (Lipinski definition) is 5. The van der Waals surface area contributed by atoms with Crippen LogP contribution in [0, 0.1) is 5.82 Å². The van der Waals surface area contributed by atoms with Crippen LogP contribution in [0.4, 0.5) is 10.1 Å². The summed E-state index contributed by atoms with van der Waals surface area (Å²) in [6.45, 7) is 2.97. The Balaban J connectivity index is 1.39. The normalized spacial score (nSPS) is 22.8. The lowest BCUT2D eigenvalue weighted by molar-refractivity contribution is -0.124. The van der Waals surface area contributed by atoms with Gasteiger partial charge in [-0.05, 0) is 53.4 Å². The fourth-order valence-electron chi connectivity index (χ4n) is 6.48. The molecule has 3 aromatic carbocycles. The summed E-state index contributed by atoms with van der Waals surface area (Å²) in [6.07, 6.45) is 3.40. The molecule has 38 heavy (non-hydrogen) atoms. The first-order valence-corrected chi connectivity index (χ1v) is 13.1. The maximum atomic E-state index is 14.6. The van der Waals surface area contributed by atoms with E-state index in [0.29, 0.717) is 32.7 Å². The maximum absolute atomic E-state index is 14.6. The Kier molecular flexibility index (Phi) is 5.51. The molecular formula is C30H28FN5O2. The second-order valence-corrected chi connectivity index (χ2v) is 10.4. The quantitative estimate of drug-likeness (QED) is 0.394. The van der Waals surface area contributed by atoms with Crippen LogP contribution in [-0.4, -0.2) is 39.0 Å². The maximum Gasteiger partial charge on any atom is 0.240 e. The van der Waals surface area contributed by atoms with Crippen molar-refractivity contribution in [1.82, 2.24) is 19.9 Å². The summed E-state index contributed by atoms with van der Waals surface area (Å²) in [5, 5.41) is 8.66. The Morgan fingerprint density at radius 1 is 1.03 bits per heavy atom. The number of fused-ring (bicyclic) bond motifs is 8. The summed E-state index contributed by atoms with van der Waals surface area (Å²) in [7, 11) is 0. The van der Waals surface area contributed by atoms with Gasteiger partial charge in [0.25, 0.3) is 0 Å². The van der Waals surface area contributed by atoms with Gasteiger partial charge < -0.3 is 9.64 Å². The van der Waals surface area contributed by atoms with E-state index in [0.717, 1.165) is 46.8 Å². The number of likely N-dealkylation sites (tertiary alicyclic amines) is 1. The molecule has 6 bridgehead atoms. The standard InChI is InChI=1S/C30H28FN5O2/c31-23-11-9-21(10-12-23)18-34-15-13-30-26-7-1-2-8-27(26)36(29(30)37)20-24-19-35(33-32-24)14-4-16-38-25-6-3-5-22(17-25)28(30)34/h1-3,5-12,17,19,28H,4,13-16,18,20H2/t28-,30-/m0/s1. The zero-order valence-electron chi connectivity index (χ0n) is 21.0. The van der Waals surface area contributed by atoms with Gasteiger partial charge in [-0.15, -0.1) is 5.10 Å². The number of para-hydroxylation sites is 1. The molecule has 2 atom stereocenters. The molecule has 0 aliphatic carbocycles. The van der Waals surface area contributed by atoms with Crippen molar-refractivity contribution in [3.8, 4) is 5.75 Å². The van der Waals surface area contributed by atoms with Crippen molar-refractivity contribution in [3.05, 3.63) is 107 Å². The Hall–Kier alpha value is -4.04. The molecule has 3 aliphatic rings. The van der Waals surface area contributed by atoms with E-state index in [1.54, 1.807) is 0 Å². The first-order valence-electron chi connectivity index (χ1n) is 13.1. The molecule has 7 nitrogen and oxygen atoms in total. The predicted octanol–water partition coefficient (Wildman–Crippen LogP) is 4.63. The molecule has 1 amide bonds. The Labute approximate surface area is 220 Å². The molecule has 1 saturated heterocycles. The van der Waals surface area contributed by atoms with E-state index in [2.05, 4.69) is 33.4 Å². The summed E-state index contributed by atoms with van der Waals surface area (Å²) in [5.74, 6) is 0.620. The van der Waals surface area contributed by atoms with Crippen LogP contribution in [0.25, 0.3) is 0 Å². The highest BCUT2D eigenvalue weighted by molar-refractivity contribution is 6.09. The number of anilines is 1. The lowest BCUT2D eigenvalue weighted by Gasteiger charge is -2.35. The van der Waals surface area contributed by atoms with E-state index in [-0.39, 0.29) is 17.8 Å². The average molecular weight is 510 g/mol. The second-order valence-electron chi connectivity index (χ2n) is 10.4. The van der Waals surface area contributed by atoms with E-state index in [1.165, 1.54) is 12.1 Å². The molecule has 8 heteroatoms. The van der Waals surface area contributed by atoms with Crippen molar-refractivity contribution in [2.75, 3.05) is 18.1 Å². The third kappa shape index (κ3) is 3.70. The number of aromatic nitrogens is 3. The molecule has 1 aromatic heterocycles. The van der Waals surface area contributed by atoms with Gasteiger partial charge >= 0.3 is 0 Å². The summed E-state index contributed by atoms with van der Waals surface area (Å²) in [4.78, 5) is 18.9. The van der Waals surface area contributed by atoms with Gasteiger partial charge in [0.2, 0.25) is 5.91 Å². The molecule has 0 N–H and O–H groups in total. The zero-order valence-corrected chi connectivity index (χ0v) is 21.0. The Morgan fingerprint density at radius 3 is 2.79 bits per heavy atom. The van der Waals surface area contributed by atoms with Crippen molar-refractivity contribution in [3.63, 3.8) is 0 Å². The Morgan fingerprint density at radius 2 is 1.89 bits per heavy atom. The van der Waals surface area contributed by atoms with Crippen LogP contribution in [0.2, 0.25) is 0 Å². The van der Waals surface area contributed by atoms with Crippen LogP contribution in [-0.2, 0) is 29.8 Å². The van der Waals surface area contributed by atoms with Gasteiger partial charge in [-0.1, -0.05) is 47.7 Å². The highest BCUT2D eigenvalue weighted by Crippen LogP contribution is 2.57. The number of rotatable bonds is 2. The number of ether oxygens (including phenoxy) is 1. The average Bonchev–Trinajstić information content (AvgIpc) is 3.61. The van der Waals surface area contributed by atoms with Crippen LogP contribution in [0.15, 0.2) is 79.0 Å². The van der Waals surface area contributed by atoms with Gasteiger partial charge in [0.1, 0.15) is 17.3 Å². The lowest BCUT2D eigenvalue weighted by Crippen LogP contribution is -2.44. The van der Waals surface area contributed by atoms with Crippen molar-refractivity contribution in [2.45, 2.75) is 43.9 Å². The van der Waals surface area contributed by atoms with Gasteiger partial charge in [-0.3, -0.25) is 14.4 Å². The monoisotopic (exact) mass is 509 g/mol. The molecule has 0 radical (unpaired) electrons. The third-order valence-corrected chi connectivity index (χ3v) is 8.11. The largest absolute Gasteiger partial charge is 0.494 e. The molecule has 3 aliphatic heterocycles. The van der Waals surface area contributed by atoms with Gasteiger partial charge in [-0.2, -0.15) is 0 Å². The second kappa shape index (κ2) is 9.06. The first kappa shape index (κ1) is 23.1. The summed E-state index contributed by atoms with van der Waals surface area (Å²) in [5.41, 5.74) is 4.04. The van der Waals surface area contributed by atoms with Crippen molar-refractivity contribution >= 4 is 11.6 Å². The van der Waals surface area contributed by atoms with E-state index < -0.39 is 5.41 Å². The van der Waals surface area contributed by atoms with Gasteiger partial charge in [-0.25, -0.2) is 4.39 Å². The molecule has 4 heterocycles. The molecular weight excluding hydrogens is 481 g/mol.